The Morgan fingerprint density at radius 1 is 1.19 bits per heavy atom. The highest BCUT2D eigenvalue weighted by molar-refractivity contribution is 5.84. The van der Waals surface area contributed by atoms with Gasteiger partial charge in [-0.3, -0.25) is 10.0 Å². The standard InChI is InChI=1S/C13H15N3O2.C7H7F/c17-13(16-18)10-4-3-9(5-10)11-6-14-12(15-7-11)8-1-2-8;1-6-4-2-3-5-7(6)8/h5-8,10,18H,1-4H2,(H,16,17);2-5H,1H3. The van der Waals surface area contributed by atoms with Gasteiger partial charge in [-0.1, -0.05) is 24.3 Å². The van der Waals surface area contributed by atoms with Crippen LogP contribution in [0.5, 0.6) is 0 Å². The van der Waals surface area contributed by atoms with Crippen LogP contribution in [-0.2, 0) is 4.79 Å². The molecule has 2 aliphatic rings. The predicted octanol–water partition coefficient (Wildman–Crippen LogP) is 3.79. The fourth-order valence-corrected chi connectivity index (χ4v) is 2.86. The zero-order valence-corrected chi connectivity index (χ0v) is 14.7. The molecule has 1 aromatic heterocycles. The molecular weight excluding hydrogens is 333 g/mol. The monoisotopic (exact) mass is 355 g/mol. The zero-order chi connectivity index (χ0) is 18.5. The molecule has 4 rings (SSSR count). The summed E-state index contributed by atoms with van der Waals surface area (Å²) in [6, 6.07) is 6.70. The number of hydrogen-bond acceptors (Lipinski definition) is 4. The van der Waals surface area contributed by atoms with Gasteiger partial charge in [-0.15, -0.1) is 0 Å². The van der Waals surface area contributed by atoms with E-state index in [-0.39, 0.29) is 17.6 Å². The molecule has 1 amide bonds. The van der Waals surface area contributed by atoms with E-state index >= 15 is 0 Å². The minimum Gasteiger partial charge on any atom is -0.289 e. The summed E-state index contributed by atoms with van der Waals surface area (Å²) in [5.41, 5.74) is 4.47. The van der Waals surface area contributed by atoms with E-state index in [9.17, 15) is 9.18 Å². The lowest BCUT2D eigenvalue weighted by atomic mass is 10.1. The number of nitrogens with zero attached hydrogens (tertiary/aromatic N) is 2. The Labute approximate surface area is 152 Å². The number of aromatic nitrogens is 2. The SMILES string of the molecule is Cc1ccccc1F.O=C(NO)C1C=C(c2cnc(C3CC3)nc2)CC1. The van der Waals surface area contributed by atoms with Gasteiger partial charge in [0.1, 0.15) is 11.6 Å². The van der Waals surface area contributed by atoms with Crippen LogP contribution in [0, 0.1) is 18.7 Å². The molecule has 1 aromatic carbocycles. The lowest BCUT2D eigenvalue weighted by molar-refractivity contribution is -0.131. The van der Waals surface area contributed by atoms with Gasteiger partial charge in [-0.25, -0.2) is 19.8 Å². The van der Waals surface area contributed by atoms with E-state index in [1.807, 2.05) is 24.5 Å². The number of hydrogen-bond donors (Lipinski definition) is 2. The van der Waals surface area contributed by atoms with Crippen molar-refractivity contribution in [2.45, 2.75) is 38.5 Å². The van der Waals surface area contributed by atoms with E-state index in [0.29, 0.717) is 11.5 Å². The van der Waals surface area contributed by atoms with Gasteiger partial charge in [0.05, 0.1) is 5.92 Å². The lowest BCUT2D eigenvalue weighted by Crippen LogP contribution is -2.25. The zero-order valence-electron chi connectivity index (χ0n) is 14.7. The van der Waals surface area contributed by atoms with Gasteiger partial charge in [0, 0.05) is 23.9 Å². The van der Waals surface area contributed by atoms with Crippen LogP contribution >= 0.6 is 0 Å². The number of benzene rings is 1. The minimum atomic E-state index is -0.347. The number of aryl methyl sites for hydroxylation is 1. The van der Waals surface area contributed by atoms with Crippen LogP contribution in [0.4, 0.5) is 4.39 Å². The Kier molecular flexibility index (Phi) is 5.73. The topological polar surface area (TPSA) is 75.1 Å². The second-order valence-electron chi connectivity index (χ2n) is 6.67. The molecule has 1 atom stereocenters. The van der Waals surface area contributed by atoms with Crippen molar-refractivity contribution in [1.29, 1.82) is 0 Å². The highest BCUT2D eigenvalue weighted by Gasteiger charge is 2.27. The molecule has 26 heavy (non-hydrogen) atoms. The number of halogens is 1. The van der Waals surface area contributed by atoms with Crippen LogP contribution in [0.1, 0.15) is 48.6 Å². The highest BCUT2D eigenvalue weighted by Crippen LogP contribution is 2.38. The average Bonchev–Trinajstić information content (AvgIpc) is 3.41. The maximum absolute atomic E-state index is 12.3. The summed E-state index contributed by atoms with van der Waals surface area (Å²) in [4.78, 5) is 20.1. The second-order valence-corrected chi connectivity index (χ2v) is 6.67. The van der Waals surface area contributed by atoms with Crippen molar-refractivity contribution in [3.05, 3.63) is 65.5 Å². The molecule has 5 nitrogen and oxygen atoms in total. The van der Waals surface area contributed by atoms with Gasteiger partial charge in [-0.2, -0.15) is 0 Å². The summed E-state index contributed by atoms with van der Waals surface area (Å²) in [6.07, 6.45) is 9.51. The maximum Gasteiger partial charge on any atom is 0.250 e. The first-order valence-corrected chi connectivity index (χ1v) is 8.76. The number of allylic oxidation sites excluding steroid dienone is 1. The van der Waals surface area contributed by atoms with Crippen LogP contribution in [-0.4, -0.2) is 21.1 Å². The maximum atomic E-state index is 12.3. The van der Waals surface area contributed by atoms with Crippen molar-refractivity contribution >= 4 is 11.5 Å². The molecule has 0 saturated heterocycles. The number of amides is 1. The third-order valence-electron chi connectivity index (χ3n) is 4.64. The van der Waals surface area contributed by atoms with E-state index < -0.39 is 0 Å². The first-order valence-electron chi connectivity index (χ1n) is 8.76. The summed E-state index contributed by atoms with van der Waals surface area (Å²) < 4.78 is 12.3. The van der Waals surface area contributed by atoms with Crippen molar-refractivity contribution in [3.63, 3.8) is 0 Å². The molecule has 0 spiro atoms. The minimum absolute atomic E-state index is 0.132. The van der Waals surface area contributed by atoms with Crippen molar-refractivity contribution in [3.8, 4) is 0 Å². The van der Waals surface area contributed by atoms with Gasteiger partial charge in [-0.05, 0) is 49.8 Å². The Bertz CT molecular complexity index is 780. The molecule has 2 aromatic rings. The van der Waals surface area contributed by atoms with Crippen LogP contribution in [0.2, 0.25) is 0 Å². The molecule has 1 heterocycles. The molecule has 1 saturated carbocycles. The van der Waals surface area contributed by atoms with E-state index in [1.54, 1.807) is 24.5 Å². The Morgan fingerprint density at radius 3 is 2.42 bits per heavy atom. The molecule has 6 heteroatoms. The molecule has 0 bridgehead atoms. The van der Waals surface area contributed by atoms with Gasteiger partial charge < -0.3 is 0 Å². The summed E-state index contributed by atoms with van der Waals surface area (Å²) in [7, 11) is 0. The third kappa shape index (κ3) is 4.52. The summed E-state index contributed by atoms with van der Waals surface area (Å²) in [5.74, 6) is 0.771. The summed E-state index contributed by atoms with van der Waals surface area (Å²) in [5, 5.41) is 8.60. The second kappa shape index (κ2) is 8.19. The number of carbonyl (C=O) groups is 1. The van der Waals surface area contributed by atoms with Crippen molar-refractivity contribution in [2.24, 2.45) is 5.92 Å². The summed E-state index contributed by atoms with van der Waals surface area (Å²) in [6.45, 7) is 1.75. The van der Waals surface area contributed by atoms with Crippen molar-refractivity contribution in [2.75, 3.05) is 0 Å². The van der Waals surface area contributed by atoms with Gasteiger partial charge in [0.25, 0.3) is 0 Å². The van der Waals surface area contributed by atoms with Crippen molar-refractivity contribution < 1.29 is 14.4 Å². The molecule has 136 valence electrons. The number of nitrogens with one attached hydrogen (secondary N) is 1. The molecule has 2 aliphatic carbocycles. The average molecular weight is 355 g/mol. The predicted molar refractivity (Wildman–Crippen MR) is 95.8 cm³/mol. The normalized spacial score (nSPS) is 18.6. The van der Waals surface area contributed by atoms with Crippen LogP contribution in [0.25, 0.3) is 5.57 Å². The van der Waals surface area contributed by atoms with E-state index in [0.717, 1.165) is 29.8 Å². The van der Waals surface area contributed by atoms with Gasteiger partial charge in [0.2, 0.25) is 5.91 Å². The fourth-order valence-electron chi connectivity index (χ4n) is 2.86. The smallest absolute Gasteiger partial charge is 0.250 e. The Hall–Kier alpha value is -2.60. The van der Waals surface area contributed by atoms with E-state index in [4.69, 9.17) is 5.21 Å². The number of rotatable bonds is 3. The summed E-state index contributed by atoms with van der Waals surface area (Å²) >= 11 is 0. The van der Waals surface area contributed by atoms with E-state index in [1.165, 1.54) is 18.9 Å². The molecule has 2 N–H and O–H groups in total. The molecular formula is C20H22FN3O2. The first-order chi connectivity index (χ1) is 12.6. The molecule has 0 aliphatic heterocycles. The van der Waals surface area contributed by atoms with Crippen LogP contribution in [0.15, 0.2) is 42.7 Å². The largest absolute Gasteiger partial charge is 0.289 e. The van der Waals surface area contributed by atoms with Crippen LogP contribution < -0.4 is 5.48 Å². The van der Waals surface area contributed by atoms with Crippen LogP contribution in [0.3, 0.4) is 0 Å². The lowest BCUT2D eigenvalue weighted by Gasteiger charge is -2.02. The Morgan fingerprint density at radius 2 is 1.88 bits per heavy atom. The third-order valence-corrected chi connectivity index (χ3v) is 4.64. The molecule has 1 fully saturated rings. The first kappa shape index (κ1) is 18.2. The van der Waals surface area contributed by atoms with Gasteiger partial charge in [0.15, 0.2) is 0 Å². The van der Waals surface area contributed by atoms with Gasteiger partial charge >= 0.3 is 0 Å². The van der Waals surface area contributed by atoms with Crippen molar-refractivity contribution in [1.82, 2.24) is 15.4 Å². The quantitative estimate of drug-likeness (QED) is 0.649. The van der Waals surface area contributed by atoms with E-state index in [2.05, 4.69) is 9.97 Å². The molecule has 0 radical (unpaired) electrons. The Balaban J connectivity index is 0.000000206. The molecule has 1 unspecified atom stereocenters. The highest BCUT2D eigenvalue weighted by atomic mass is 19.1. The fraction of sp³-hybridized carbons (Fsp3) is 0.350. The number of carbonyl (C=O) groups excluding carboxylic acids is 1. The number of hydroxylamine groups is 1.